The maximum atomic E-state index is 13.2. The van der Waals surface area contributed by atoms with Crippen LogP contribution in [0.5, 0.6) is 0 Å². The van der Waals surface area contributed by atoms with Crippen LogP contribution in [0.3, 0.4) is 0 Å². The van der Waals surface area contributed by atoms with Gasteiger partial charge in [-0.25, -0.2) is 9.37 Å². The lowest BCUT2D eigenvalue weighted by Crippen LogP contribution is -2.30. The number of carbonyl (C=O) groups excluding carboxylic acids is 1. The van der Waals surface area contributed by atoms with E-state index in [0.29, 0.717) is 23.1 Å². The molecule has 140 valence electrons. The zero-order valence-corrected chi connectivity index (χ0v) is 15.8. The fourth-order valence-electron chi connectivity index (χ4n) is 2.73. The van der Waals surface area contributed by atoms with E-state index in [4.69, 9.17) is 4.52 Å². The summed E-state index contributed by atoms with van der Waals surface area (Å²) in [5.41, 5.74) is 3.06. The van der Waals surface area contributed by atoms with Gasteiger partial charge in [0, 0.05) is 17.0 Å². The summed E-state index contributed by atoms with van der Waals surface area (Å²) in [7, 11) is 0. The third-order valence-electron chi connectivity index (χ3n) is 4.13. The maximum Gasteiger partial charge on any atom is 0.298 e. The van der Waals surface area contributed by atoms with Crippen LogP contribution >= 0.6 is 11.3 Å². The second-order valence-corrected chi connectivity index (χ2v) is 7.07. The molecule has 2 aromatic carbocycles. The van der Waals surface area contributed by atoms with Crippen LogP contribution in [0.4, 0.5) is 9.52 Å². The Kier molecular flexibility index (Phi) is 4.99. The molecule has 0 unspecified atom stereocenters. The van der Waals surface area contributed by atoms with Gasteiger partial charge in [-0.1, -0.05) is 35.5 Å². The first-order chi connectivity index (χ1) is 13.6. The number of rotatable bonds is 5. The van der Waals surface area contributed by atoms with Gasteiger partial charge in [-0.2, -0.15) is 0 Å². The van der Waals surface area contributed by atoms with Crippen molar-refractivity contribution in [2.45, 2.75) is 13.5 Å². The highest BCUT2D eigenvalue weighted by Gasteiger charge is 2.24. The summed E-state index contributed by atoms with van der Waals surface area (Å²) in [6, 6.07) is 17.4. The number of halogens is 1. The maximum absolute atomic E-state index is 13.2. The lowest BCUT2D eigenvalue weighted by atomic mass is 10.2. The van der Waals surface area contributed by atoms with Crippen LogP contribution in [0.1, 0.15) is 21.8 Å². The van der Waals surface area contributed by atoms with E-state index < -0.39 is 0 Å². The first kappa shape index (κ1) is 18.1. The van der Waals surface area contributed by atoms with Crippen LogP contribution in [0, 0.1) is 12.7 Å². The van der Waals surface area contributed by atoms with Crippen molar-refractivity contribution in [3.05, 3.63) is 88.9 Å². The van der Waals surface area contributed by atoms with E-state index in [-0.39, 0.29) is 17.5 Å². The van der Waals surface area contributed by atoms with Gasteiger partial charge >= 0.3 is 0 Å². The molecule has 0 atom stereocenters. The van der Waals surface area contributed by atoms with Crippen molar-refractivity contribution in [1.29, 1.82) is 0 Å². The number of thiazole rings is 1. The van der Waals surface area contributed by atoms with Crippen molar-refractivity contribution < 1.29 is 13.7 Å². The van der Waals surface area contributed by atoms with E-state index in [1.807, 2.05) is 35.7 Å². The van der Waals surface area contributed by atoms with E-state index in [0.717, 1.165) is 11.1 Å². The van der Waals surface area contributed by atoms with Crippen LogP contribution in [-0.4, -0.2) is 16.0 Å². The number of nitrogens with zero attached hydrogens (tertiary/aromatic N) is 3. The average molecular weight is 393 g/mol. The van der Waals surface area contributed by atoms with Crippen LogP contribution in [-0.2, 0) is 6.54 Å². The molecule has 2 aromatic heterocycles. The molecule has 7 heteroatoms. The molecule has 28 heavy (non-hydrogen) atoms. The molecule has 1 amide bonds. The van der Waals surface area contributed by atoms with Crippen molar-refractivity contribution in [2.75, 3.05) is 4.90 Å². The zero-order chi connectivity index (χ0) is 19.5. The average Bonchev–Trinajstić information content (AvgIpc) is 3.36. The van der Waals surface area contributed by atoms with E-state index in [9.17, 15) is 9.18 Å². The Balaban J connectivity index is 1.68. The van der Waals surface area contributed by atoms with Gasteiger partial charge < -0.3 is 4.52 Å². The van der Waals surface area contributed by atoms with E-state index in [2.05, 4.69) is 10.1 Å². The number of aromatic nitrogens is 2. The molecule has 0 bridgehead atoms. The fourth-order valence-corrected chi connectivity index (χ4v) is 3.56. The van der Waals surface area contributed by atoms with E-state index >= 15 is 0 Å². The van der Waals surface area contributed by atoms with E-state index in [1.165, 1.54) is 23.5 Å². The number of carbonyl (C=O) groups is 1. The molecule has 0 aliphatic heterocycles. The molecule has 0 aliphatic rings. The number of amides is 1. The molecule has 0 saturated heterocycles. The van der Waals surface area contributed by atoms with Gasteiger partial charge in [-0.3, -0.25) is 9.69 Å². The van der Waals surface area contributed by atoms with Crippen LogP contribution < -0.4 is 4.90 Å². The standard InChI is InChI=1S/C21H16FN3O2S/c1-14-11-19(27-24-14)20(26)25(12-15-5-3-2-4-6-15)21-23-18(13-28-21)16-7-9-17(22)10-8-16/h2-11,13H,12H2,1H3. The van der Waals surface area contributed by atoms with Crippen molar-refractivity contribution >= 4 is 22.4 Å². The summed E-state index contributed by atoms with van der Waals surface area (Å²) in [5.74, 6) is -0.461. The molecule has 0 radical (unpaired) electrons. The second kappa shape index (κ2) is 7.74. The fraction of sp³-hybridized carbons (Fsp3) is 0.0952. The van der Waals surface area contributed by atoms with Gasteiger partial charge in [0.1, 0.15) is 5.82 Å². The Morgan fingerprint density at radius 1 is 1.14 bits per heavy atom. The third-order valence-corrected chi connectivity index (χ3v) is 4.99. The summed E-state index contributed by atoms with van der Waals surface area (Å²) in [6.07, 6.45) is 0. The predicted molar refractivity (Wildman–Crippen MR) is 106 cm³/mol. The minimum atomic E-state index is -0.315. The lowest BCUT2D eigenvalue weighted by molar-refractivity contribution is 0.0949. The van der Waals surface area contributed by atoms with Crippen molar-refractivity contribution in [3.8, 4) is 11.3 Å². The minimum Gasteiger partial charge on any atom is -0.351 e. The molecule has 2 heterocycles. The monoisotopic (exact) mass is 393 g/mol. The van der Waals surface area contributed by atoms with Gasteiger partial charge in [0.05, 0.1) is 17.9 Å². The lowest BCUT2D eigenvalue weighted by Gasteiger charge is -2.18. The predicted octanol–water partition coefficient (Wildman–Crippen LogP) is 5.09. The molecule has 0 spiro atoms. The van der Waals surface area contributed by atoms with Crippen molar-refractivity contribution in [1.82, 2.24) is 10.1 Å². The number of anilines is 1. The Bertz CT molecular complexity index is 1090. The topological polar surface area (TPSA) is 59.2 Å². The Labute approximate surface area is 165 Å². The molecule has 4 aromatic rings. The van der Waals surface area contributed by atoms with Crippen molar-refractivity contribution in [3.63, 3.8) is 0 Å². The summed E-state index contributed by atoms with van der Waals surface area (Å²) < 4.78 is 18.4. The first-order valence-corrected chi connectivity index (χ1v) is 9.49. The Morgan fingerprint density at radius 3 is 2.57 bits per heavy atom. The number of aryl methyl sites for hydroxylation is 1. The second-order valence-electron chi connectivity index (χ2n) is 6.23. The number of hydrogen-bond donors (Lipinski definition) is 0. The summed E-state index contributed by atoms with van der Waals surface area (Å²) >= 11 is 1.34. The summed E-state index contributed by atoms with van der Waals surface area (Å²) in [6.45, 7) is 2.10. The highest BCUT2D eigenvalue weighted by molar-refractivity contribution is 7.14. The number of hydrogen-bond acceptors (Lipinski definition) is 5. The SMILES string of the molecule is Cc1cc(C(=O)N(Cc2ccccc2)c2nc(-c3ccc(F)cc3)cs2)on1. The number of benzene rings is 2. The van der Waals surface area contributed by atoms with Crippen LogP contribution in [0.15, 0.2) is 70.6 Å². The molecule has 4 rings (SSSR count). The van der Waals surface area contributed by atoms with Crippen LogP contribution in [0.2, 0.25) is 0 Å². The van der Waals surface area contributed by atoms with Gasteiger partial charge in [0.25, 0.3) is 5.91 Å². The molecular formula is C21H16FN3O2S. The molecular weight excluding hydrogens is 377 g/mol. The highest BCUT2D eigenvalue weighted by Crippen LogP contribution is 2.29. The molecule has 0 N–H and O–H groups in total. The molecule has 5 nitrogen and oxygen atoms in total. The zero-order valence-electron chi connectivity index (χ0n) is 15.0. The Hall–Kier alpha value is -3.32. The normalized spacial score (nSPS) is 10.8. The van der Waals surface area contributed by atoms with Gasteiger partial charge in [-0.15, -0.1) is 11.3 Å². The quantitative estimate of drug-likeness (QED) is 0.474. The Morgan fingerprint density at radius 2 is 1.89 bits per heavy atom. The minimum absolute atomic E-state index is 0.159. The highest BCUT2D eigenvalue weighted by atomic mass is 32.1. The first-order valence-electron chi connectivity index (χ1n) is 8.61. The van der Waals surface area contributed by atoms with Gasteiger partial charge in [-0.05, 0) is 36.8 Å². The summed E-state index contributed by atoms with van der Waals surface area (Å²) in [4.78, 5) is 19.2. The van der Waals surface area contributed by atoms with Gasteiger partial charge in [0.2, 0.25) is 5.76 Å². The molecule has 0 fully saturated rings. The van der Waals surface area contributed by atoms with Crippen molar-refractivity contribution in [2.24, 2.45) is 0 Å². The van der Waals surface area contributed by atoms with E-state index in [1.54, 1.807) is 30.0 Å². The smallest absolute Gasteiger partial charge is 0.298 e. The van der Waals surface area contributed by atoms with Crippen LogP contribution in [0.25, 0.3) is 11.3 Å². The molecule has 0 aliphatic carbocycles. The largest absolute Gasteiger partial charge is 0.351 e. The summed E-state index contributed by atoms with van der Waals surface area (Å²) in [5, 5.41) is 6.18. The molecule has 0 saturated carbocycles. The third kappa shape index (κ3) is 3.84. The van der Waals surface area contributed by atoms with Gasteiger partial charge in [0.15, 0.2) is 5.13 Å².